The molecule has 0 unspecified atom stereocenters. The van der Waals surface area contributed by atoms with Gasteiger partial charge in [-0.1, -0.05) is 6.07 Å². The summed E-state index contributed by atoms with van der Waals surface area (Å²) in [4.78, 5) is 16.8. The summed E-state index contributed by atoms with van der Waals surface area (Å²) in [6, 6.07) is 5.89. The van der Waals surface area contributed by atoms with E-state index in [-0.39, 0.29) is 17.1 Å². The van der Waals surface area contributed by atoms with E-state index in [2.05, 4.69) is 9.64 Å². The quantitative estimate of drug-likeness (QED) is 0.904. The molecule has 0 radical (unpaired) electrons. The second-order valence-electron chi connectivity index (χ2n) is 7.14. The van der Waals surface area contributed by atoms with E-state index in [0.29, 0.717) is 25.1 Å². The molecule has 1 aromatic rings. The Balaban J connectivity index is 1.76. The first-order valence-electron chi connectivity index (χ1n) is 8.60. The second-order valence-corrected chi connectivity index (χ2v) is 7.14. The summed E-state index contributed by atoms with van der Waals surface area (Å²) in [5, 5.41) is 10.5. The predicted molar refractivity (Wildman–Crippen MR) is 88.8 cm³/mol. The molecule has 0 saturated carbocycles. The second kappa shape index (κ2) is 7.25. The van der Waals surface area contributed by atoms with Crippen molar-refractivity contribution in [2.45, 2.75) is 32.0 Å². The lowest BCUT2D eigenvalue weighted by Gasteiger charge is -2.50. The molecule has 25 heavy (non-hydrogen) atoms. The molecule has 2 atom stereocenters. The minimum Gasteiger partial charge on any atom is -0.435 e. The average molecular weight is 354 g/mol. The normalized spacial score (nSPS) is 27.7. The maximum absolute atomic E-state index is 12.8. The van der Waals surface area contributed by atoms with Crippen molar-refractivity contribution in [2.75, 3.05) is 33.2 Å². The monoisotopic (exact) mass is 354 g/mol. The molecule has 1 N–H and O–H groups in total. The van der Waals surface area contributed by atoms with E-state index < -0.39 is 12.7 Å². The Morgan fingerprint density at radius 2 is 2.16 bits per heavy atom. The van der Waals surface area contributed by atoms with Crippen molar-refractivity contribution < 1.29 is 23.4 Å². The fourth-order valence-electron chi connectivity index (χ4n) is 4.09. The number of halogens is 2. The third-order valence-corrected chi connectivity index (χ3v) is 5.28. The highest BCUT2D eigenvalue weighted by Crippen LogP contribution is 2.38. The Labute approximate surface area is 146 Å². The zero-order valence-corrected chi connectivity index (χ0v) is 14.3. The van der Waals surface area contributed by atoms with Gasteiger partial charge in [-0.2, -0.15) is 8.78 Å². The first kappa shape index (κ1) is 18.1. The number of hydrogen-bond donors (Lipinski definition) is 1. The van der Waals surface area contributed by atoms with E-state index in [0.717, 1.165) is 25.9 Å². The van der Waals surface area contributed by atoms with Crippen LogP contribution in [0.15, 0.2) is 24.3 Å². The molecular weight excluding hydrogens is 330 g/mol. The van der Waals surface area contributed by atoms with E-state index >= 15 is 0 Å². The molecule has 0 aromatic heterocycles. The third kappa shape index (κ3) is 3.93. The molecular formula is C18H24F2N2O3. The maximum atomic E-state index is 12.8. The number of benzene rings is 1. The van der Waals surface area contributed by atoms with E-state index in [9.17, 15) is 18.7 Å². The minimum absolute atomic E-state index is 0.0231. The number of aliphatic hydroxyl groups is 1. The highest BCUT2D eigenvalue weighted by Gasteiger charge is 2.45. The van der Waals surface area contributed by atoms with E-state index in [1.807, 2.05) is 7.05 Å². The van der Waals surface area contributed by atoms with Crippen molar-refractivity contribution in [3.63, 3.8) is 0 Å². The summed E-state index contributed by atoms with van der Waals surface area (Å²) in [6.07, 6.45) is 1.99. The average Bonchev–Trinajstić information content (AvgIpc) is 2.58. The number of hydrogen-bond acceptors (Lipinski definition) is 4. The molecule has 7 heteroatoms. The molecule has 2 aliphatic heterocycles. The van der Waals surface area contributed by atoms with Crippen LogP contribution in [0, 0.1) is 5.41 Å². The van der Waals surface area contributed by atoms with Crippen molar-refractivity contribution in [1.82, 2.24) is 9.80 Å². The number of aliphatic hydroxyl groups excluding tert-OH is 1. The highest BCUT2D eigenvalue weighted by atomic mass is 19.3. The van der Waals surface area contributed by atoms with Crippen molar-refractivity contribution in [3.8, 4) is 5.75 Å². The summed E-state index contributed by atoms with van der Waals surface area (Å²) >= 11 is 0. The first-order chi connectivity index (χ1) is 11.9. The Kier molecular flexibility index (Phi) is 5.24. The van der Waals surface area contributed by atoms with E-state index in [4.69, 9.17) is 0 Å². The van der Waals surface area contributed by atoms with Crippen LogP contribution < -0.4 is 4.74 Å². The standard InChI is InChI=1S/C18H24F2N2O3/c1-21-9-6-15(23)18(11-21)7-3-8-22(12-18)16(24)13-4-2-5-14(10-13)25-17(19)20/h2,4-5,10,15,17,23H,3,6-9,11-12H2,1H3/t15-,18-/m0/s1. The van der Waals surface area contributed by atoms with Crippen molar-refractivity contribution in [2.24, 2.45) is 5.41 Å². The SMILES string of the molecule is CN1CC[C@H](O)[C@@]2(CCCN(C(=O)c3cccc(OC(F)F)c3)C2)C1. The highest BCUT2D eigenvalue weighted by molar-refractivity contribution is 5.94. The summed E-state index contributed by atoms with van der Waals surface area (Å²) < 4.78 is 29.1. The Hall–Kier alpha value is -1.73. The van der Waals surface area contributed by atoms with E-state index in [1.165, 1.54) is 18.2 Å². The smallest absolute Gasteiger partial charge is 0.387 e. The molecule has 2 fully saturated rings. The lowest BCUT2D eigenvalue weighted by Crippen LogP contribution is -2.59. The number of rotatable bonds is 3. The summed E-state index contributed by atoms with van der Waals surface area (Å²) in [6.45, 7) is -0.221. The van der Waals surface area contributed by atoms with Gasteiger partial charge in [0, 0.05) is 37.2 Å². The first-order valence-corrected chi connectivity index (χ1v) is 8.60. The van der Waals surface area contributed by atoms with Crippen LogP contribution in [0.1, 0.15) is 29.6 Å². The van der Waals surface area contributed by atoms with Crippen LogP contribution in [0.2, 0.25) is 0 Å². The zero-order valence-electron chi connectivity index (χ0n) is 14.3. The number of piperidine rings is 2. The summed E-state index contributed by atoms with van der Waals surface area (Å²) in [7, 11) is 2.03. The Morgan fingerprint density at radius 3 is 2.92 bits per heavy atom. The van der Waals surface area contributed by atoms with Crippen LogP contribution in [0.25, 0.3) is 0 Å². The molecule has 1 amide bonds. The van der Waals surface area contributed by atoms with Crippen molar-refractivity contribution >= 4 is 5.91 Å². The molecule has 3 rings (SSSR count). The number of nitrogens with zero attached hydrogens (tertiary/aromatic N) is 2. The van der Waals surface area contributed by atoms with Crippen molar-refractivity contribution in [3.05, 3.63) is 29.8 Å². The molecule has 5 nitrogen and oxygen atoms in total. The molecule has 2 saturated heterocycles. The number of amides is 1. The largest absolute Gasteiger partial charge is 0.435 e. The molecule has 0 bridgehead atoms. The number of carbonyl (C=O) groups is 1. The van der Waals surface area contributed by atoms with Crippen LogP contribution in [0.4, 0.5) is 8.78 Å². The number of alkyl halides is 2. The van der Waals surface area contributed by atoms with Gasteiger partial charge < -0.3 is 19.6 Å². The molecule has 2 heterocycles. The number of ether oxygens (including phenoxy) is 1. The van der Waals surface area contributed by atoms with Crippen LogP contribution in [-0.2, 0) is 0 Å². The van der Waals surface area contributed by atoms with Gasteiger partial charge in [0.25, 0.3) is 5.91 Å². The van der Waals surface area contributed by atoms with Crippen LogP contribution in [0.5, 0.6) is 5.75 Å². The lowest BCUT2D eigenvalue weighted by molar-refractivity contribution is -0.0731. The molecule has 1 aromatic carbocycles. The van der Waals surface area contributed by atoms with Crippen LogP contribution in [0.3, 0.4) is 0 Å². The molecule has 2 aliphatic rings. The van der Waals surface area contributed by atoms with Gasteiger partial charge in [0.15, 0.2) is 0 Å². The van der Waals surface area contributed by atoms with Gasteiger partial charge in [-0.25, -0.2) is 0 Å². The lowest BCUT2D eigenvalue weighted by atomic mass is 9.71. The predicted octanol–water partition coefficient (Wildman–Crippen LogP) is 2.21. The number of carbonyl (C=O) groups excluding carboxylic acids is 1. The van der Waals surface area contributed by atoms with Gasteiger partial charge in [0.2, 0.25) is 0 Å². The fourth-order valence-corrected chi connectivity index (χ4v) is 4.09. The zero-order chi connectivity index (χ0) is 18.0. The molecule has 1 spiro atoms. The molecule has 138 valence electrons. The van der Waals surface area contributed by atoms with Crippen LogP contribution in [-0.4, -0.2) is 66.8 Å². The maximum Gasteiger partial charge on any atom is 0.387 e. The van der Waals surface area contributed by atoms with Crippen molar-refractivity contribution in [1.29, 1.82) is 0 Å². The van der Waals surface area contributed by atoms with Gasteiger partial charge in [-0.3, -0.25) is 4.79 Å². The van der Waals surface area contributed by atoms with Gasteiger partial charge in [0.1, 0.15) is 5.75 Å². The van der Waals surface area contributed by atoms with Crippen LogP contribution >= 0.6 is 0 Å². The van der Waals surface area contributed by atoms with Gasteiger partial charge in [-0.15, -0.1) is 0 Å². The van der Waals surface area contributed by atoms with Gasteiger partial charge >= 0.3 is 6.61 Å². The fraction of sp³-hybridized carbons (Fsp3) is 0.611. The molecule has 0 aliphatic carbocycles. The van der Waals surface area contributed by atoms with E-state index in [1.54, 1.807) is 11.0 Å². The van der Waals surface area contributed by atoms with Gasteiger partial charge in [0.05, 0.1) is 6.10 Å². The van der Waals surface area contributed by atoms with Gasteiger partial charge in [-0.05, 0) is 44.5 Å². The Morgan fingerprint density at radius 1 is 1.36 bits per heavy atom. The summed E-state index contributed by atoms with van der Waals surface area (Å²) in [5.41, 5.74) is 0.0201. The third-order valence-electron chi connectivity index (χ3n) is 5.28. The minimum atomic E-state index is -2.92. The topological polar surface area (TPSA) is 53.0 Å². The summed E-state index contributed by atoms with van der Waals surface area (Å²) in [5.74, 6) is -0.232. The number of likely N-dealkylation sites (tertiary alicyclic amines) is 2. The Bertz CT molecular complexity index is 628.